The number of aromatic nitrogens is 1. The van der Waals surface area contributed by atoms with E-state index in [4.69, 9.17) is 4.74 Å². The molecule has 0 bridgehead atoms. The fourth-order valence-corrected chi connectivity index (χ4v) is 4.58. The van der Waals surface area contributed by atoms with Crippen molar-refractivity contribution >= 4 is 23.1 Å². The van der Waals surface area contributed by atoms with E-state index in [1.165, 1.54) is 29.2 Å². The molecule has 9 nitrogen and oxygen atoms in total. The van der Waals surface area contributed by atoms with Crippen LogP contribution in [0.5, 0.6) is 5.75 Å². The summed E-state index contributed by atoms with van der Waals surface area (Å²) in [5, 5.41) is 22.4. The van der Waals surface area contributed by atoms with Gasteiger partial charge in [0.25, 0.3) is 17.4 Å². The van der Waals surface area contributed by atoms with E-state index in [1.807, 2.05) is 6.92 Å². The molecule has 5 rings (SSSR count). The molecule has 2 aromatic carbocycles. The molecule has 1 N–H and O–H groups in total. The number of rotatable bonds is 5. The Kier molecular flexibility index (Phi) is 5.52. The van der Waals surface area contributed by atoms with Crippen LogP contribution in [-0.2, 0) is 22.6 Å². The van der Waals surface area contributed by atoms with Gasteiger partial charge in [-0.2, -0.15) is 0 Å². The van der Waals surface area contributed by atoms with Gasteiger partial charge in [0, 0.05) is 43.1 Å². The number of non-ortho nitro benzene ring substituents is 1. The van der Waals surface area contributed by atoms with Gasteiger partial charge in [-0.15, -0.1) is 0 Å². The van der Waals surface area contributed by atoms with Crippen LogP contribution >= 0.6 is 0 Å². The molecule has 35 heavy (non-hydrogen) atoms. The number of nitro benzene ring substituents is 1. The first kappa shape index (κ1) is 22.3. The highest BCUT2D eigenvalue weighted by Gasteiger charge is 2.46. The zero-order valence-electron chi connectivity index (χ0n) is 18.7. The van der Waals surface area contributed by atoms with Crippen LogP contribution in [0.4, 0.5) is 5.69 Å². The molecule has 176 valence electrons. The first-order valence-electron chi connectivity index (χ1n) is 11.0. The number of aliphatic hydroxyl groups is 1. The fourth-order valence-electron chi connectivity index (χ4n) is 4.58. The van der Waals surface area contributed by atoms with Gasteiger partial charge in [0.15, 0.2) is 0 Å². The summed E-state index contributed by atoms with van der Waals surface area (Å²) in [7, 11) is 0. The molecular weight excluding hydrogens is 450 g/mol. The van der Waals surface area contributed by atoms with Gasteiger partial charge in [-0.3, -0.25) is 24.7 Å². The van der Waals surface area contributed by atoms with Crippen LogP contribution in [0.2, 0.25) is 0 Å². The number of likely N-dealkylation sites (tertiary alicyclic amines) is 1. The summed E-state index contributed by atoms with van der Waals surface area (Å²) >= 11 is 0. The van der Waals surface area contributed by atoms with E-state index in [2.05, 4.69) is 4.98 Å². The van der Waals surface area contributed by atoms with Crippen LogP contribution in [0.3, 0.4) is 0 Å². The number of nitrogens with zero attached hydrogens (tertiary/aromatic N) is 3. The third-order valence-electron chi connectivity index (χ3n) is 6.20. The second kappa shape index (κ2) is 8.68. The molecule has 2 atom stereocenters. The molecule has 2 unspecified atom stereocenters. The molecule has 3 heterocycles. The molecule has 1 aromatic heterocycles. The van der Waals surface area contributed by atoms with E-state index in [0.717, 1.165) is 11.3 Å². The number of carbonyl (C=O) groups excluding carboxylic acids is 2. The smallest absolute Gasteiger partial charge is 0.295 e. The Morgan fingerprint density at radius 2 is 1.97 bits per heavy atom. The minimum atomic E-state index is -0.931. The molecule has 9 heteroatoms. The SMILES string of the molecule is CC1Cc2cc(C(O)=C3C(=O)C(=O)N(Cc4cccnc4)C3c3ccc([N+](=O)[O-])cc3)ccc2O1. The maximum atomic E-state index is 13.2. The Morgan fingerprint density at radius 3 is 2.66 bits per heavy atom. The molecule has 1 fully saturated rings. The van der Waals surface area contributed by atoms with E-state index in [0.29, 0.717) is 23.1 Å². The van der Waals surface area contributed by atoms with Crippen molar-refractivity contribution in [2.45, 2.75) is 32.0 Å². The second-order valence-corrected chi connectivity index (χ2v) is 8.59. The van der Waals surface area contributed by atoms with Crippen molar-refractivity contribution in [3.8, 4) is 5.75 Å². The van der Waals surface area contributed by atoms with Gasteiger partial charge in [-0.25, -0.2) is 0 Å². The lowest BCUT2D eigenvalue weighted by molar-refractivity contribution is -0.384. The van der Waals surface area contributed by atoms with Crippen molar-refractivity contribution < 1.29 is 24.4 Å². The Bertz CT molecular complexity index is 1370. The number of hydrogen-bond acceptors (Lipinski definition) is 7. The number of Topliss-reactive ketones (excluding diaryl/α,β-unsaturated/α-hetero) is 1. The standard InChI is InChI=1S/C26H21N3O6/c1-15-11-19-12-18(6-9-21(19)35-15)24(30)22-23(17-4-7-20(8-5-17)29(33)34)28(26(32)25(22)31)14-16-3-2-10-27-13-16/h2-10,12-13,15,23,30H,11,14H2,1H3. The van der Waals surface area contributed by atoms with Crippen LogP contribution in [0.25, 0.3) is 5.76 Å². The molecule has 2 aliphatic rings. The molecule has 3 aromatic rings. The van der Waals surface area contributed by atoms with Crippen molar-refractivity contribution in [1.29, 1.82) is 0 Å². The lowest BCUT2D eigenvalue weighted by atomic mass is 9.94. The van der Waals surface area contributed by atoms with Crippen LogP contribution in [0, 0.1) is 10.1 Å². The topological polar surface area (TPSA) is 123 Å². The highest BCUT2D eigenvalue weighted by atomic mass is 16.6. The van der Waals surface area contributed by atoms with E-state index < -0.39 is 22.7 Å². The molecule has 0 aliphatic carbocycles. The number of carbonyl (C=O) groups is 2. The zero-order valence-corrected chi connectivity index (χ0v) is 18.7. The van der Waals surface area contributed by atoms with Gasteiger partial charge in [0.2, 0.25) is 0 Å². The summed E-state index contributed by atoms with van der Waals surface area (Å²) in [6.45, 7) is 2.02. The van der Waals surface area contributed by atoms with Crippen LogP contribution in [-0.4, -0.2) is 37.7 Å². The van der Waals surface area contributed by atoms with Crippen LogP contribution in [0.1, 0.15) is 35.2 Å². The third kappa shape index (κ3) is 4.01. The number of aliphatic hydroxyl groups excluding tert-OH is 1. The van der Waals surface area contributed by atoms with Crippen molar-refractivity contribution in [3.05, 3.63) is 105 Å². The number of nitro groups is 1. The first-order chi connectivity index (χ1) is 16.8. The molecule has 0 spiro atoms. The van der Waals surface area contributed by atoms with Gasteiger partial charge in [0.1, 0.15) is 17.6 Å². The molecule has 2 aliphatic heterocycles. The zero-order chi connectivity index (χ0) is 24.7. The number of ether oxygens (including phenoxy) is 1. The number of fused-ring (bicyclic) bond motifs is 1. The Labute approximate surface area is 200 Å². The van der Waals surface area contributed by atoms with E-state index >= 15 is 0 Å². The fraction of sp³-hybridized carbons (Fsp3) is 0.192. The summed E-state index contributed by atoms with van der Waals surface area (Å²) in [4.78, 5) is 42.4. The largest absolute Gasteiger partial charge is 0.507 e. The highest BCUT2D eigenvalue weighted by Crippen LogP contribution is 2.41. The van der Waals surface area contributed by atoms with Crippen molar-refractivity contribution in [2.75, 3.05) is 0 Å². The quantitative estimate of drug-likeness (QED) is 0.197. The highest BCUT2D eigenvalue weighted by molar-refractivity contribution is 6.46. The van der Waals surface area contributed by atoms with Gasteiger partial charge >= 0.3 is 0 Å². The van der Waals surface area contributed by atoms with E-state index in [-0.39, 0.29) is 29.7 Å². The number of hydrogen-bond donors (Lipinski definition) is 1. The molecule has 0 radical (unpaired) electrons. The lowest BCUT2D eigenvalue weighted by Gasteiger charge is -2.25. The summed E-state index contributed by atoms with van der Waals surface area (Å²) in [6, 6.07) is 13.3. The summed E-state index contributed by atoms with van der Waals surface area (Å²) in [5.41, 5.74) is 2.28. The Morgan fingerprint density at radius 1 is 1.20 bits per heavy atom. The maximum Gasteiger partial charge on any atom is 0.295 e. The van der Waals surface area contributed by atoms with Gasteiger partial charge in [-0.05, 0) is 60.0 Å². The van der Waals surface area contributed by atoms with Crippen molar-refractivity contribution in [2.24, 2.45) is 0 Å². The minimum absolute atomic E-state index is 0.00701. The number of benzene rings is 2. The first-order valence-corrected chi connectivity index (χ1v) is 11.0. The predicted molar refractivity (Wildman–Crippen MR) is 125 cm³/mol. The summed E-state index contributed by atoms with van der Waals surface area (Å²) in [6.07, 6.45) is 3.86. The Hall–Kier alpha value is -4.53. The number of pyridine rings is 1. The lowest BCUT2D eigenvalue weighted by Crippen LogP contribution is -2.29. The van der Waals surface area contributed by atoms with Crippen LogP contribution in [0.15, 0.2) is 72.6 Å². The number of ketones is 1. The van der Waals surface area contributed by atoms with Crippen molar-refractivity contribution in [3.63, 3.8) is 0 Å². The van der Waals surface area contributed by atoms with Gasteiger partial charge in [-0.1, -0.05) is 6.07 Å². The predicted octanol–water partition coefficient (Wildman–Crippen LogP) is 3.94. The summed E-state index contributed by atoms with van der Waals surface area (Å²) < 4.78 is 5.72. The molecule has 1 saturated heterocycles. The average molecular weight is 471 g/mol. The molecule has 0 saturated carbocycles. The van der Waals surface area contributed by atoms with E-state index in [9.17, 15) is 24.8 Å². The van der Waals surface area contributed by atoms with E-state index in [1.54, 1.807) is 42.7 Å². The molecular formula is C26H21N3O6. The van der Waals surface area contributed by atoms with Crippen molar-refractivity contribution in [1.82, 2.24) is 9.88 Å². The number of amides is 1. The second-order valence-electron chi connectivity index (χ2n) is 8.59. The monoisotopic (exact) mass is 471 g/mol. The minimum Gasteiger partial charge on any atom is -0.507 e. The third-order valence-corrected chi connectivity index (χ3v) is 6.20. The maximum absolute atomic E-state index is 13.2. The van der Waals surface area contributed by atoms with Gasteiger partial charge < -0.3 is 14.7 Å². The van der Waals surface area contributed by atoms with Gasteiger partial charge in [0.05, 0.1) is 16.5 Å². The molecule has 1 amide bonds. The van der Waals surface area contributed by atoms with Crippen LogP contribution < -0.4 is 4.74 Å². The summed E-state index contributed by atoms with van der Waals surface area (Å²) in [5.74, 6) is -1.17. The normalized spacial score (nSPS) is 20.5. The average Bonchev–Trinajstić information content (AvgIpc) is 3.35. The Balaban J connectivity index is 1.63.